The lowest BCUT2D eigenvalue weighted by Gasteiger charge is -2.35. The number of fused-ring (bicyclic) bond motifs is 4. The molecule has 0 aromatic heterocycles. The Balaban J connectivity index is 1.86. The van der Waals surface area contributed by atoms with Gasteiger partial charge in [-0.3, -0.25) is 9.89 Å². The number of rotatable bonds is 1. The predicted octanol–water partition coefficient (Wildman–Crippen LogP) is 0.353. The quantitative estimate of drug-likeness (QED) is 0.698. The van der Waals surface area contributed by atoms with Gasteiger partial charge in [0.2, 0.25) is 0 Å². The normalized spacial score (nSPS) is 38.8. The second-order valence-electron chi connectivity index (χ2n) is 4.82. The standard InChI is InChI=1S/C11H16N2O3/c14-11(15)9-2-4-13-3-1-8-5-7(6-16-8)10(13)12-9/h7-8,10H,1-6H2,(H,14,15). The molecule has 0 amide bonds. The third-order valence-corrected chi connectivity index (χ3v) is 3.82. The number of hydrogen-bond donors (Lipinski definition) is 1. The summed E-state index contributed by atoms with van der Waals surface area (Å²) in [5.74, 6) is -0.471. The minimum Gasteiger partial charge on any atom is -0.477 e. The first-order chi connectivity index (χ1) is 7.74. The van der Waals surface area contributed by atoms with Gasteiger partial charge in [0.1, 0.15) is 11.9 Å². The Morgan fingerprint density at radius 1 is 1.50 bits per heavy atom. The number of carbonyl (C=O) groups is 1. The summed E-state index contributed by atoms with van der Waals surface area (Å²) in [6.07, 6.45) is 3.10. The van der Waals surface area contributed by atoms with Crippen LogP contribution in [0.1, 0.15) is 19.3 Å². The number of carboxylic acid groups (broad SMARTS) is 1. The lowest BCUT2D eigenvalue weighted by molar-refractivity contribution is -0.129. The Morgan fingerprint density at radius 3 is 3.19 bits per heavy atom. The molecule has 5 nitrogen and oxygen atoms in total. The van der Waals surface area contributed by atoms with Gasteiger partial charge in [-0.15, -0.1) is 0 Å². The van der Waals surface area contributed by atoms with Gasteiger partial charge in [-0.05, 0) is 12.8 Å². The van der Waals surface area contributed by atoms with Gasteiger partial charge < -0.3 is 9.84 Å². The highest BCUT2D eigenvalue weighted by molar-refractivity contribution is 6.35. The molecule has 3 unspecified atom stereocenters. The van der Waals surface area contributed by atoms with E-state index in [0.717, 1.165) is 32.5 Å². The van der Waals surface area contributed by atoms with Crippen LogP contribution < -0.4 is 0 Å². The van der Waals surface area contributed by atoms with Gasteiger partial charge in [0, 0.05) is 25.4 Å². The van der Waals surface area contributed by atoms with Crippen molar-refractivity contribution in [3.63, 3.8) is 0 Å². The van der Waals surface area contributed by atoms with Crippen molar-refractivity contribution in [1.29, 1.82) is 0 Å². The summed E-state index contributed by atoms with van der Waals surface area (Å²) in [6, 6.07) is 0. The molecule has 3 aliphatic rings. The van der Waals surface area contributed by atoms with Crippen LogP contribution in [0.15, 0.2) is 4.99 Å². The van der Waals surface area contributed by atoms with Crippen molar-refractivity contribution in [2.24, 2.45) is 10.9 Å². The zero-order valence-electron chi connectivity index (χ0n) is 9.13. The zero-order valence-corrected chi connectivity index (χ0v) is 9.13. The molecule has 0 saturated carbocycles. The number of nitrogens with zero attached hydrogens (tertiary/aromatic N) is 2. The lowest BCUT2D eigenvalue weighted by Crippen LogP contribution is -2.45. The smallest absolute Gasteiger partial charge is 0.349 e. The third kappa shape index (κ3) is 1.64. The first kappa shape index (κ1) is 10.2. The molecule has 2 saturated heterocycles. The van der Waals surface area contributed by atoms with Crippen molar-refractivity contribution in [2.75, 3.05) is 19.7 Å². The Hall–Kier alpha value is -0.940. The molecule has 1 N–H and O–H groups in total. The molecule has 5 heteroatoms. The van der Waals surface area contributed by atoms with Crippen LogP contribution in [-0.4, -0.2) is 53.7 Å². The number of ether oxygens (including phenoxy) is 1. The molecule has 2 bridgehead atoms. The molecule has 3 rings (SSSR count). The van der Waals surface area contributed by atoms with Crippen LogP contribution in [0, 0.1) is 5.92 Å². The molecule has 16 heavy (non-hydrogen) atoms. The van der Waals surface area contributed by atoms with E-state index in [1.165, 1.54) is 0 Å². The summed E-state index contributed by atoms with van der Waals surface area (Å²) in [4.78, 5) is 17.7. The molecule has 0 aliphatic carbocycles. The van der Waals surface area contributed by atoms with Crippen molar-refractivity contribution in [1.82, 2.24) is 4.90 Å². The molecular formula is C11H16N2O3. The number of carboxylic acids is 1. The van der Waals surface area contributed by atoms with Crippen LogP contribution in [0.2, 0.25) is 0 Å². The van der Waals surface area contributed by atoms with Crippen LogP contribution in [0.4, 0.5) is 0 Å². The maximum atomic E-state index is 10.9. The molecule has 3 atom stereocenters. The minimum atomic E-state index is -0.862. The van der Waals surface area contributed by atoms with Crippen LogP contribution in [-0.2, 0) is 9.53 Å². The van der Waals surface area contributed by atoms with Gasteiger partial charge in [-0.1, -0.05) is 0 Å². The van der Waals surface area contributed by atoms with Crippen molar-refractivity contribution in [2.45, 2.75) is 31.5 Å². The van der Waals surface area contributed by atoms with E-state index in [-0.39, 0.29) is 6.17 Å². The second-order valence-corrected chi connectivity index (χ2v) is 4.82. The molecule has 0 aromatic carbocycles. The summed E-state index contributed by atoms with van der Waals surface area (Å²) in [5, 5.41) is 8.99. The molecule has 0 radical (unpaired) electrons. The van der Waals surface area contributed by atoms with Crippen LogP contribution in [0.3, 0.4) is 0 Å². The summed E-state index contributed by atoms with van der Waals surface area (Å²) in [5.41, 5.74) is 0.339. The number of hydrogen-bond acceptors (Lipinski definition) is 4. The average molecular weight is 224 g/mol. The number of aliphatic imine (C=N–C) groups is 1. The molecule has 0 spiro atoms. The molecule has 3 aliphatic heterocycles. The second kappa shape index (κ2) is 3.82. The van der Waals surface area contributed by atoms with Crippen LogP contribution in [0.25, 0.3) is 0 Å². The predicted molar refractivity (Wildman–Crippen MR) is 57.5 cm³/mol. The van der Waals surface area contributed by atoms with E-state index in [4.69, 9.17) is 9.84 Å². The fourth-order valence-corrected chi connectivity index (χ4v) is 2.95. The summed E-state index contributed by atoms with van der Waals surface area (Å²) in [6.45, 7) is 2.56. The largest absolute Gasteiger partial charge is 0.477 e. The Labute approximate surface area is 94.1 Å². The maximum absolute atomic E-state index is 10.9. The molecular weight excluding hydrogens is 208 g/mol. The molecule has 3 heterocycles. The molecule has 0 aromatic rings. The fraction of sp³-hybridized carbons (Fsp3) is 0.818. The van der Waals surface area contributed by atoms with Gasteiger partial charge in [0.25, 0.3) is 0 Å². The van der Waals surface area contributed by atoms with Gasteiger partial charge in [-0.2, -0.15) is 0 Å². The van der Waals surface area contributed by atoms with E-state index in [9.17, 15) is 4.79 Å². The first-order valence-electron chi connectivity index (χ1n) is 5.89. The van der Waals surface area contributed by atoms with E-state index in [1.807, 2.05) is 0 Å². The highest BCUT2D eigenvalue weighted by Crippen LogP contribution is 2.33. The van der Waals surface area contributed by atoms with Crippen molar-refractivity contribution >= 4 is 11.7 Å². The van der Waals surface area contributed by atoms with Gasteiger partial charge in [0.15, 0.2) is 0 Å². The van der Waals surface area contributed by atoms with Gasteiger partial charge in [-0.25, -0.2) is 4.79 Å². The summed E-state index contributed by atoms with van der Waals surface area (Å²) >= 11 is 0. The Kier molecular flexibility index (Phi) is 2.44. The first-order valence-corrected chi connectivity index (χ1v) is 5.89. The minimum absolute atomic E-state index is 0.0485. The zero-order chi connectivity index (χ0) is 11.1. The lowest BCUT2D eigenvalue weighted by atomic mass is 10.0. The van der Waals surface area contributed by atoms with E-state index in [2.05, 4.69) is 9.89 Å². The van der Waals surface area contributed by atoms with E-state index in [1.54, 1.807) is 0 Å². The monoisotopic (exact) mass is 224 g/mol. The van der Waals surface area contributed by atoms with E-state index < -0.39 is 5.97 Å². The van der Waals surface area contributed by atoms with Crippen LogP contribution >= 0.6 is 0 Å². The molecule has 88 valence electrons. The van der Waals surface area contributed by atoms with Crippen LogP contribution in [0.5, 0.6) is 0 Å². The Morgan fingerprint density at radius 2 is 2.38 bits per heavy atom. The highest BCUT2D eigenvalue weighted by atomic mass is 16.5. The average Bonchev–Trinajstić information content (AvgIpc) is 2.65. The highest BCUT2D eigenvalue weighted by Gasteiger charge is 2.40. The SMILES string of the molecule is O=C(O)C1=NC2C3COC(CCN2CC1)C3. The van der Waals surface area contributed by atoms with E-state index >= 15 is 0 Å². The van der Waals surface area contributed by atoms with Gasteiger partial charge in [0.05, 0.1) is 12.7 Å². The molecule has 2 fully saturated rings. The van der Waals surface area contributed by atoms with Crippen molar-refractivity contribution in [3.8, 4) is 0 Å². The summed E-state index contributed by atoms with van der Waals surface area (Å²) in [7, 11) is 0. The van der Waals surface area contributed by atoms with Crippen molar-refractivity contribution in [3.05, 3.63) is 0 Å². The topological polar surface area (TPSA) is 62.1 Å². The number of aliphatic carboxylic acids is 1. The van der Waals surface area contributed by atoms with E-state index in [0.29, 0.717) is 24.2 Å². The fourth-order valence-electron chi connectivity index (χ4n) is 2.95. The third-order valence-electron chi connectivity index (χ3n) is 3.82. The van der Waals surface area contributed by atoms with Gasteiger partial charge >= 0.3 is 5.97 Å². The summed E-state index contributed by atoms with van der Waals surface area (Å²) < 4.78 is 5.66. The Bertz CT molecular complexity index is 342. The maximum Gasteiger partial charge on any atom is 0.349 e. The van der Waals surface area contributed by atoms with Crippen molar-refractivity contribution < 1.29 is 14.6 Å².